The zero-order valence-corrected chi connectivity index (χ0v) is 16.2. The summed E-state index contributed by atoms with van der Waals surface area (Å²) < 4.78 is 0. The Morgan fingerprint density at radius 3 is 2.21 bits per heavy atom. The lowest BCUT2D eigenvalue weighted by Gasteiger charge is -2.14. The molecule has 1 atom stereocenters. The Bertz CT molecular complexity index is 1030. The van der Waals surface area contributed by atoms with Gasteiger partial charge in [-0.05, 0) is 55.8 Å². The standard InChI is InChI=1S/C23H21N3O3/c1-15(17-6-4-3-5-7-17)25-22(28)19-12-13-24-21(14-19)23(29)26-20-10-8-18(9-11-20)16(2)27/h3-15H,1-2H3,(H,25,28)(H,26,29). The third-order valence-corrected chi connectivity index (χ3v) is 4.45. The predicted octanol–water partition coefficient (Wildman–Crippen LogP) is 4.03. The number of amides is 2. The first-order valence-electron chi connectivity index (χ1n) is 9.18. The van der Waals surface area contributed by atoms with E-state index >= 15 is 0 Å². The second-order valence-corrected chi connectivity index (χ2v) is 6.62. The molecular weight excluding hydrogens is 366 g/mol. The number of benzene rings is 2. The quantitative estimate of drug-likeness (QED) is 0.625. The Labute approximate surface area is 169 Å². The minimum absolute atomic E-state index is 0.0482. The lowest BCUT2D eigenvalue weighted by atomic mass is 10.1. The summed E-state index contributed by atoms with van der Waals surface area (Å²) in [5.41, 5.74) is 2.56. The summed E-state index contributed by atoms with van der Waals surface area (Å²) in [6.45, 7) is 3.37. The van der Waals surface area contributed by atoms with Crippen LogP contribution in [-0.2, 0) is 0 Å². The number of carbonyl (C=O) groups is 3. The maximum absolute atomic E-state index is 12.6. The average molecular weight is 387 g/mol. The van der Waals surface area contributed by atoms with Crippen molar-refractivity contribution in [3.8, 4) is 0 Å². The molecule has 0 aliphatic heterocycles. The summed E-state index contributed by atoms with van der Waals surface area (Å²) in [6, 6.07) is 19.0. The third kappa shape index (κ3) is 5.13. The highest BCUT2D eigenvalue weighted by Crippen LogP contribution is 2.14. The molecule has 2 aromatic carbocycles. The highest BCUT2D eigenvalue weighted by atomic mass is 16.2. The molecule has 6 nitrogen and oxygen atoms in total. The molecule has 0 spiro atoms. The number of anilines is 1. The highest BCUT2D eigenvalue weighted by Gasteiger charge is 2.15. The van der Waals surface area contributed by atoms with Crippen LogP contribution in [0.3, 0.4) is 0 Å². The minimum atomic E-state index is -0.439. The zero-order valence-electron chi connectivity index (χ0n) is 16.2. The molecule has 29 heavy (non-hydrogen) atoms. The van der Waals surface area contributed by atoms with Gasteiger partial charge in [0.25, 0.3) is 11.8 Å². The Morgan fingerprint density at radius 1 is 0.862 bits per heavy atom. The lowest BCUT2D eigenvalue weighted by Crippen LogP contribution is -2.27. The van der Waals surface area contributed by atoms with Crippen molar-refractivity contribution >= 4 is 23.3 Å². The SMILES string of the molecule is CC(=O)c1ccc(NC(=O)c2cc(C(=O)NC(C)c3ccccc3)ccn2)cc1. The van der Waals surface area contributed by atoms with Crippen molar-refractivity contribution in [3.63, 3.8) is 0 Å². The first-order chi connectivity index (χ1) is 13.9. The second kappa shape index (κ2) is 8.93. The van der Waals surface area contributed by atoms with E-state index in [2.05, 4.69) is 15.6 Å². The van der Waals surface area contributed by atoms with Gasteiger partial charge < -0.3 is 10.6 Å². The molecule has 1 aromatic heterocycles. The van der Waals surface area contributed by atoms with E-state index in [-0.39, 0.29) is 23.4 Å². The monoisotopic (exact) mass is 387 g/mol. The Balaban J connectivity index is 1.68. The summed E-state index contributed by atoms with van der Waals surface area (Å²) >= 11 is 0. The number of pyridine rings is 1. The first-order valence-corrected chi connectivity index (χ1v) is 9.18. The molecule has 0 aliphatic rings. The predicted molar refractivity (Wildman–Crippen MR) is 111 cm³/mol. The van der Waals surface area contributed by atoms with E-state index in [9.17, 15) is 14.4 Å². The second-order valence-electron chi connectivity index (χ2n) is 6.62. The number of nitrogens with zero attached hydrogens (tertiary/aromatic N) is 1. The van der Waals surface area contributed by atoms with Crippen LogP contribution in [0.1, 0.15) is 56.7 Å². The lowest BCUT2D eigenvalue weighted by molar-refractivity contribution is 0.0939. The molecular formula is C23H21N3O3. The minimum Gasteiger partial charge on any atom is -0.346 e. The van der Waals surface area contributed by atoms with Crippen LogP contribution in [0.5, 0.6) is 0 Å². The first kappa shape index (κ1) is 19.9. The topological polar surface area (TPSA) is 88.2 Å². The van der Waals surface area contributed by atoms with Crippen LogP contribution in [0.25, 0.3) is 0 Å². The molecule has 2 N–H and O–H groups in total. The van der Waals surface area contributed by atoms with Gasteiger partial charge in [0.15, 0.2) is 5.78 Å². The van der Waals surface area contributed by atoms with Crippen LogP contribution in [-0.4, -0.2) is 22.6 Å². The maximum atomic E-state index is 12.6. The van der Waals surface area contributed by atoms with Gasteiger partial charge in [-0.2, -0.15) is 0 Å². The van der Waals surface area contributed by atoms with E-state index in [1.165, 1.54) is 19.2 Å². The van der Waals surface area contributed by atoms with Crippen LogP contribution >= 0.6 is 0 Å². The van der Waals surface area contributed by atoms with E-state index in [0.29, 0.717) is 16.8 Å². The number of ketones is 1. The van der Waals surface area contributed by atoms with Crippen LogP contribution in [0.2, 0.25) is 0 Å². The number of rotatable bonds is 6. The highest BCUT2D eigenvalue weighted by molar-refractivity contribution is 6.05. The van der Waals surface area contributed by atoms with Crippen LogP contribution in [0, 0.1) is 0 Å². The van der Waals surface area contributed by atoms with Gasteiger partial charge in [-0.1, -0.05) is 30.3 Å². The molecule has 0 bridgehead atoms. The summed E-state index contributed by atoms with van der Waals surface area (Å²) in [7, 11) is 0. The molecule has 0 fully saturated rings. The molecule has 1 unspecified atom stereocenters. The van der Waals surface area contributed by atoms with Gasteiger partial charge in [-0.25, -0.2) is 0 Å². The summed E-state index contributed by atoms with van der Waals surface area (Å²) in [5, 5.41) is 5.63. The number of nitrogens with one attached hydrogen (secondary N) is 2. The smallest absolute Gasteiger partial charge is 0.274 e. The van der Waals surface area contributed by atoms with Crippen molar-refractivity contribution in [1.82, 2.24) is 10.3 Å². The average Bonchev–Trinajstić information content (AvgIpc) is 2.74. The van der Waals surface area contributed by atoms with Crippen molar-refractivity contribution in [2.24, 2.45) is 0 Å². The number of aromatic nitrogens is 1. The zero-order chi connectivity index (χ0) is 20.8. The van der Waals surface area contributed by atoms with Gasteiger partial charge in [0.05, 0.1) is 6.04 Å². The normalized spacial score (nSPS) is 11.4. The molecule has 0 saturated heterocycles. The van der Waals surface area contributed by atoms with Crippen molar-refractivity contribution in [1.29, 1.82) is 0 Å². The number of hydrogen-bond donors (Lipinski definition) is 2. The molecule has 0 aliphatic carbocycles. The molecule has 1 heterocycles. The van der Waals surface area contributed by atoms with Gasteiger partial charge in [0, 0.05) is 23.0 Å². The van der Waals surface area contributed by atoms with E-state index in [4.69, 9.17) is 0 Å². The molecule has 146 valence electrons. The van der Waals surface area contributed by atoms with E-state index in [1.807, 2.05) is 37.3 Å². The van der Waals surface area contributed by atoms with Crippen molar-refractivity contribution < 1.29 is 14.4 Å². The molecule has 3 aromatic rings. The fourth-order valence-corrected chi connectivity index (χ4v) is 2.78. The van der Waals surface area contributed by atoms with Gasteiger partial charge in [0.2, 0.25) is 0 Å². The number of Topliss-reactive ketones (excluding diaryl/α,β-unsaturated/α-hetero) is 1. The van der Waals surface area contributed by atoms with Gasteiger partial charge in [0.1, 0.15) is 5.69 Å². The Hall–Kier alpha value is -3.80. The van der Waals surface area contributed by atoms with E-state index < -0.39 is 5.91 Å². The Kier molecular flexibility index (Phi) is 6.14. The van der Waals surface area contributed by atoms with E-state index in [0.717, 1.165) is 5.56 Å². The Morgan fingerprint density at radius 2 is 1.55 bits per heavy atom. The molecule has 2 amide bonds. The van der Waals surface area contributed by atoms with Crippen molar-refractivity contribution in [3.05, 3.63) is 95.3 Å². The fourth-order valence-electron chi connectivity index (χ4n) is 2.78. The van der Waals surface area contributed by atoms with Crippen LogP contribution in [0.4, 0.5) is 5.69 Å². The fraction of sp³-hybridized carbons (Fsp3) is 0.130. The van der Waals surface area contributed by atoms with Gasteiger partial charge in [-0.15, -0.1) is 0 Å². The summed E-state index contributed by atoms with van der Waals surface area (Å²) in [6.07, 6.45) is 1.43. The van der Waals surface area contributed by atoms with Crippen molar-refractivity contribution in [2.75, 3.05) is 5.32 Å². The molecule has 3 rings (SSSR count). The largest absolute Gasteiger partial charge is 0.346 e. The molecule has 6 heteroatoms. The number of carbonyl (C=O) groups excluding carboxylic acids is 3. The van der Waals surface area contributed by atoms with Crippen LogP contribution in [0.15, 0.2) is 72.9 Å². The maximum Gasteiger partial charge on any atom is 0.274 e. The van der Waals surface area contributed by atoms with Crippen LogP contribution < -0.4 is 10.6 Å². The summed E-state index contributed by atoms with van der Waals surface area (Å²) in [4.78, 5) is 40.4. The van der Waals surface area contributed by atoms with E-state index in [1.54, 1.807) is 30.3 Å². The van der Waals surface area contributed by atoms with Gasteiger partial charge >= 0.3 is 0 Å². The molecule has 0 saturated carbocycles. The molecule has 0 radical (unpaired) electrons. The third-order valence-electron chi connectivity index (χ3n) is 4.45. The summed E-state index contributed by atoms with van der Waals surface area (Å²) in [5.74, 6) is -0.775. The van der Waals surface area contributed by atoms with Crippen molar-refractivity contribution in [2.45, 2.75) is 19.9 Å². The number of hydrogen-bond acceptors (Lipinski definition) is 4. The van der Waals surface area contributed by atoms with Gasteiger partial charge in [-0.3, -0.25) is 19.4 Å².